The Morgan fingerprint density at radius 1 is 0.950 bits per heavy atom. The van der Waals surface area contributed by atoms with Gasteiger partial charge < -0.3 is 10.5 Å². The summed E-state index contributed by atoms with van der Waals surface area (Å²) in [7, 11) is 1.68. The molecule has 0 saturated heterocycles. The Balaban J connectivity index is 2.55. The summed E-state index contributed by atoms with van der Waals surface area (Å²) in [5.74, 6) is 0.845. The van der Waals surface area contributed by atoms with Gasteiger partial charge in [0.1, 0.15) is 5.75 Å². The van der Waals surface area contributed by atoms with Crippen molar-refractivity contribution in [2.24, 2.45) is 5.73 Å². The third-order valence-corrected chi connectivity index (χ3v) is 4.19. The second-order valence-corrected chi connectivity index (χ2v) is 5.43. The van der Waals surface area contributed by atoms with Crippen LogP contribution in [0.15, 0.2) is 30.3 Å². The van der Waals surface area contributed by atoms with Gasteiger partial charge in [0.15, 0.2) is 0 Å². The van der Waals surface area contributed by atoms with E-state index < -0.39 is 0 Å². The number of hydrogen-bond acceptors (Lipinski definition) is 2. The van der Waals surface area contributed by atoms with Gasteiger partial charge in [0, 0.05) is 0 Å². The Hall–Kier alpha value is -1.80. The van der Waals surface area contributed by atoms with E-state index in [-0.39, 0.29) is 6.04 Å². The molecule has 106 valence electrons. The molecule has 2 rings (SSSR count). The van der Waals surface area contributed by atoms with Crippen molar-refractivity contribution in [3.63, 3.8) is 0 Å². The Labute approximate surface area is 121 Å². The number of methoxy groups -OCH3 is 1. The van der Waals surface area contributed by atoms with Crippen LogP contribution in [0.25, 0.3) is 0 Å². The first-order valence-corrected chi connectivity index (χ1v) is 6.92. The average molecular weight is 269 g/mol. The maximum Gasteiger partial charge on any atom is 0.119 e. The van der Waals surface area contributed by atoms with Gasteiger partial charge in [0.05, 0.1) is 13.2 Å². The van der Waals surface area contributed by atoms with Crippen LogP contribution in [0.5, 0.6) is 5.75 Å². The van der Waals surface area contributed by atoms with Crippen molar-refractivity contribution in [3.05, 3.63) is 63.7 Å². The predicted molar refractivity (Wildman–Crippen MR) is 84.4 cm³/mol. The molecule has 2 N–H and O–H groups in total. The van der Waals surface area contributed by atoms with E-state index in [1.54, 1.807) is 7.11 Å². The van der Waals surface area contributed by atoms with E-state index in [0.29, 0.717) is 0 Å². The van der Waals surface area contributed by atoms with Gasteiger partial charge in [-0.15, -0.1) is 0 Å². The Kier molecular flexibility index (Phi) is 4.15. The molecule has 0 heterocycles. The van der Waals surface area contributed by atoms with Gasteiger partial charge in [-0.25, -0.2) is 0 Å². The molecular formula is C18H23NO. The highest BCUT2D eigenvalue weighted by Gasteiger charge is 2.17. The van der Waals surface area contributed by atoms with Crippen LogP contribution in [0.2, 0.25) is 0 Å². The molecule has 1 unspecified atom stereocenters. The fraction of sp³-hybridized carbons (Fsp3) is 0.333. The molecule has 2 nitrogen and oxygen atoms in total. The minimum atomic E-state index is -0.122. The van der Waals surface area contributed by atoms with Crippen LogP contribution < -0.4 is 10.5 Å². The van der Waals surface area contributed by atoms with Gasteiger partial charge in [-0.2, -0.15) is 0 Å². The number of rotatable bonds is 3. The van der Waals surface area contributed by atoms with Gasteiger partial charge in [0.25, 0.3) is 0 Å². The summed E-state index contributed by atoms with van der Waals surface area (Å²) >= 11 is 0. The molecule has 2 heteroatoms. The first-order chi connectivity index (χ1) is 9.45. The molecule has 0 aromatic heterocycles. The molecule has 1 atom stereocenters. The third-order valence-electron chi connectivity index (χ3n) is 4.19. The molecule has 20 heavy (non-hydrogen) atoms. The van der Waals surface area contributed by atoms with Gasteiger partial charge in [0.2, 0.25) is 0 Å². The minimum absolute atomic E-state index is 0.122. The smallest absolute Gasteiger partial charge is 0.119 e. The zero-order valence-electron chi connectivity index (χ0n) is 12.9. The quantitative estimate of drug-likeness (QED) is 0.914. The summed E-state index contributed by atoms with van der Waals surface area (Å²) in [5.41, 5.74) is 14.0. The van der Waals surface area contributed by atoms with Crippen molar-refractivity contribution in [1.82, 2.24) is 0 Å². The van der Waals surface area contributed by atoms with E-state index in [0.717, 1.165) is 11.3 Å². The van der Waals surface area contributed by atoms with Gasteiger partial charge in [-0.3, -0.25) is 0 Å². The van der Waals surface area contributed by atoms with Gasteiger partial charge >= 0.3 is 0 Å². The zero-order valence-corrected chi connectivity index (χ0v) is 12.9. The van der Waals surface area contributed by atoms with Crippen molar-refractivity contribution in [2.75, 3.05) is 7.11 Å². The minimum Gasteiger partial charge on any atom is -0.497 e. The van der Waals surface area contributed by atoms with Crippen LogP contribution in [0.3, 0.4) is 0 Å². The molecule has 0 bridgehead atoms. The second-order valence-electron chi connectivity index (χ2n) is 5.43. The van der Waals surface area contributed by atoms with Crippen molar-refractivity contribution < 1.29 is 4.74 Å². The van der Waals surface area contributed by atoms with Crippen LogP contribution in [0, 0.1) is 27.7 Å². The molecule has 2 aromatic carbocycles. The van der Waals surface area contributed by atoms with Crippen LogP contribution in [0.1, 0.15) is 39.4 Å². The van der Waals surface area contributed by atoms with Crippen LogP contribution in [-0.4, -0.2) is 7.11 Å². The van der Waals surface area contributed by atoms with Gasteiger partial charge in [-0.05, 0) is 73.2 Å². The van der Waals surface area contributed by atoms with Gasteiger partial charge in [-0.1, -0.05) is 18.2 Å². The lowest BCUT2D eigenvalue weighted by molar-refractivity contribution is 0.414. The summed E-state index contributed by atoms with van der Waals surface area (Å²) in [6.07, 6.45) is 0. The summed E-state index contributed by atoms with van der Waals surface area (Å²) in [5, 5.41) is 0. The van der Waals surface area contributed by atoms with E-state index >= 15 is 0 Å². The lowest BCUT2D eigenvalue weighted by Crippen LogP contribution is -2.16. The topological polar surface area (TPSA) is 35.2 Å². The standard InChI is InChI=1S/C18H23NO/c1-11-9-12(2)14(4)17(13(11)3)18(19)15-7-6-8-16(10-15)20-5/h6-10,18H,19H2,1-5H3. The molecule has 0 saturated carbocycles. The monoisotopic (exact) mass is 269 g/mol. The van der Waals surface area contributed by atoms with E-state index in [1.807, 2.05) is 18.2 Å². The van der Waals surface area contributed by atoms with Crippen molar-refractivity contribution in [2.45, 2.75) is 33.7 Å². The summed E-state index contributed by atoms with van der Waals surface area (Å²) in [6, 6.07) is 10.1. The number of nitrogens with two attached hydrogens (primary N) is 1. The molecule has 0 spiro atoms. The van der Waals surface area contributed by atoms with Crippen LogP contribution in [-0.2, 0) is 0 Å². The first-order valence-electron chi connectivity index (χ1n) is 6.92. The van der Waals surface area contributed by atoms with Crippen molar-refractivity contribution in [1.29, 1.82) is 0 Å². The highest BCUT2D eigenvalue weighted by atomic mass is 16.5. The Morgan fingerprint density at radius 2 is 1.55 bits per heavy atom. The largest absolute Gasteiger partial charge is 0.497 e. The molecule has 0 aliphatic heterocycles. The van der Waals surface area contributed by atoms with E-state index in [1.165, 1.54) is 27.8 Å². The zero-order chi connectivity index (χ0) is 14.9. The predicted octanol–water partition coefficient (Wildman–Crippen LogP) is 3.98. The molecule has 0 amide bonds. The number of aryl methyl sites for hydroxylation is 2. The molecule has 0 fully saturated rings. The Morgan fingerprint density at radius 3 is 2.10 bits per heavy atom. The van der Waals surface area contributed by atoms with Crippen LogP contribution >= 0.6 is 0 Å². The summed E-state index contributed by atoms with van der Waals surface area (Å²) in [4.78, 5) is 0. The Bertz CT molecular complexity index is 605. The van der Waals surface area contributed by atoms with Crippen molar-refractivity contribution >= 4 is 0 Å². The maximum absolute atomic E-state index is 6.52. The number of hydrogen-bond donors (Lipinski definition) is 1. The molecular weight excluding hydrogens is 246 g/mol. The second kappa shape index (κ2) is 5.68. The molecule has 0 aliphatic carbocycles. The number of benzene rings is 2. The lowest BCUT2D eigenvalue weighted by Gasteiger charge is -2.21. The normalized spacial score (nSPS) is 12.3. The van der Waals surface area contributed by atoms with E-state index in [4.69, 9.17) is 10.5 Å². The molecule has 0 aliphatic rings. The fourth-order valence-corrected chi connectivity index (χ4v) is 2.72. The van der Waals surface area contributed by atoms with Crippen molar-refractivity contribution in [3.8, 4) is 5.75 Å². The fourth-order valence-electron chi connectivity index (χ4n) is 2.72. The molecule has 2 aromatic rings. The molecule has 0 radical (unpaired) electrons. The van der Waals surface area contributed by atoms with Crippen LogP contribution in [0.4, 0.5) is 0 Å². The SMILES string of the molecule is COc1cccc(C(N)c2c(C)c(C)cc(C)c2C)c1. The average Bonchev–Trinajstić information content (AvgIpc) is 2.45. The maximum atomic E-state index is 6.52. The van der Waals surface area contributed by atoms with E-state index in [9.17, 15) is 0 Å². The van der Waals surface area contributed by atoms with E-state index in [2.05, 4.69) is 39.8 Å². The lowest BCUT2D eigenvalue weighted by atomic mass is 9.87. The first kappa shape index (κ1) is 14.6. The summed E-state index contributed by atoms with van der Waals surface area (Å²) in [6.45, 7) is 8.58. The summed E-state index contributed by atoms with van der Waals surface area (Å²) < 4.78 is 5.29. The third kappa shape index (κ3) is 2.56. The highest BCUT2D eigenvalue weighted by molar-refractivity contribution is 5.49. The number of ether oxygens (including phenoxy) is 1. The highest BCUT2D eigenvalue weighted by Crippen LogP contribution is 2.31.